The van der Waals surface area contributed by atoms with Gasteiger partial charge in [-0.2, -0.15) is 0 Å². The first kappa shape index (κ1) is 17.6. The van der Waals surface area contributed by atoms with Crippen LogP contribution in [0, 0.1) is 0 Å². The molecule has 1 fully saturated rings. The first-order valence-corrected chi connectivity index (χ1v) is 10.5. The summed E-state index contributed by atoms with van der Waals surface area (Å²) >= 11 is 7.50. The number of benzene rings is 1. The number of carboxylic acids is 1. The van der Waals surface area contributed by atoms with Crippen molar-refractivity contribution in [1.29, 1.82) is 0 Å². The van der Waals surface area contributed by atoms with Crippen LogP contribution in [0.15, 0.2) is 21.9 Å². The number of thioether (sulfide) groups is 1. The molecule has 0 spiro atoms. The number of carboxylic acid groups (broad SMARTS) is 1. The van der Waals surface area contributed by atoms with Gasteiger partial charge in [0.05, 0.1) is 15.3 Å². The second-order valence-electron chi connectivity index (χ2n) is 5.71. The van der Waals surface area contributed by atoms with Crippen molar-refractivity contribution in [1.82, 2.24) is 0 Å². The number of aliphatic carboxylic acids is 1. The van der Waals surface area contributed by atoms with Gasteiger partial charge in [0.1, 0.15) is 0 Å². The predicted octanol–water partition coefficient (Wildman–Crippen LogP) is 3.75. The van der Waals surface area contributed by atoms with E-state index in [1.165, 1.54) is 17.8 Å². The summed E-state index contributed by atoms with van der Waals surface area (Å²) in [6.45, 7) is 0. The van der Waals surface area contributed by atoms with Crippen molar-refractivity contribution in [3.05, 3.63) is 22.7 Å². The summed E-state index contributed by atoms with van der Waals surface area (Å²) in [4.78, 5) is 12.5. The molecule has 1 aliphatic carbocycles. The maximum Gasteiger partial charge on any atom is 0.314 e. The zero-order valence-electron chi connectivity index (χ0n) is 12.6. The Kier molecular flexibility index (Phi) is 5.14. The number of rotatable bonds is 4. The highest BCUT2D eigenvalue weighted by Gasteiger charge is 2.42. The van der Waals surface area contributed by atoms with Crippen LogP contribution in [0.3, 0.4) is 0 Å². The van der Waals surface area contributed by atoms with E-state index in [1.54, 1.807) is 12.3 Å². The molecule has 0 aliphatic heterocycles. The van der Waals surface area contributed by atoms with E-state index in [1.807, 2.05) is 0 Å². The third-order valence-electron chi connectivity index (χ3n) is 4.28. The minimum absolute atomic E-state index is 0.119. The van der Waals surface area contributed by atoms with Crippen LogP contribution in [0.5, 0.6) is 0 Å². The molecule has 122 valence electrons. The van der Waals surface area contributed by atoms with E-state index in [0.29, 0.717) is 28.3 Å². The SMILES string of the molecule is CSc1c(Cl)cc(C2(C(=O)O)CCCCC2)cc1S(C)(=O)=O. The van der Waals surface area contributed by atoms with Crippen LogP contribution < -0.4 is 0 Å². The Morgan fingerprint density at radius 1 is 1.27 bits per heavy atom. The summed E-state index contributed by atoms with van der Waals surface area (Å²) in [6.07, 6.45) is 6.55. The summed E-state index contributed by atoms with van der Waals surface area (Å²) in [5.74, 6) is -0.903. The molecular weight excluding hydrogens is 344 g/mol. The van der Waals surface area contributed by atoms with Gasteiger partial charge in [-0.15, -0.1) is 11.8 Å². The molecule has 7 heteroatoms. The molecule has 1 aromatic carbocycles. The summed E-state index contributed by atoms with van der Waals surface area (Å²) in [5, 5.41) is 10.1. The van der Waals surface area contributed by atoms with Crippen molar-refractivity contribution in [2.75, 3.05) is 12.5 Å². The zero-order chi connectivity index (χ0) is 16.5. The van der Waals surface area contributed by atoms with Gasteiger partial charge >= 0.3 is 5.97 Å². The highest BCUT2D eigenvalue weighted by atomic mass is 35.5. The van der Waals surface area contributed by atoms with Crippen molar-refractivity contribution in [3.8, 4) is 0 Å². The van der Waals surface area contributed by atoms with Crippen LogP contribution >= 0.6 is 23.4 Å². The van der Waals surface area contributed by atoms with E-state index in [4.69, 9.17) is 11.6 Å². The number of sulfone groups is 1. The molecular formula is C15H19ClO4S2. The summed E-state index contributed by atoms with van der Waals surface area (Å²) in [5.41, 5.74) is -0.527. The van der Waals surface area contributed by atoms with Crippen LogP contribution in [-0.2, 0) is 20.0 Å². The van der Waals surface area contributed by atoms with E-state index in [9.17, 15) is 18.3 Å². The Labute approximate surface area is 140 Å². The molecule has 0 radical (unpaired) electrons. The lowest BCUT2D eigenvalue weighted by molar-refractivity contribution is -0.145. The molecule has 0 amide bonds. The van der Waals surface area contributed by atoms with Crippen molar-refractivity contribution in [2.24, 2.45) is 0 Å². The summed E-state index contributed by atoms with van der Waals surface area (Å²) in [7, 11) is -3.48. The van der Waals surface area contributed by atoms with Gasteiger partial charge in [-0.25, -0.2) is 8.42 Å². The van der Waals surface area contributed by atoms with E-state index < -0.39 is 21.2 Å². The highest BCUT2D eigenvalue weighted by Crippen LogP contribution is 2.43. The third kappa shape index (κ3) is 3.14. The standard InChI is InChI=1S/C15H19ClO4S2/c1-21-13-11(16)8-10(9-12(13)22(2,19)20)15(14(17)18)6-4-3-5-7-15/h8-9H,3-7H2,1-2H3,(H,17,18). The first-order valence-electron chi connectivity index (χ1n) is 7.04. The molecule has 1 N–H and O–H groups in total. The Morgan fingerprint density at radius 3 is 2.32 bits per heavy atom. The van der Waals surface area contributed by atoms with Gasteiger partial charge in [0.15, 0.2) is 9.84 Å². The minimum Gasteiger partial charge on any atom is -0.481 e. The lowest BCUT2D eigenvalue weighted by atomic mass is 9.69. The van der Waals surface area contributed by atoms with Crippen molar-refractivity contribution in [2.45, 2.75) is 47.3 Å². The van der Waals surface area contributed by atoms with Crippen LogP contribution in [0.1, 0.15) is 37.7 Å². The maximum absolute atomic E-state index is 12.1. The molecule has 0 atom stereocenters. The van der Waals surface area contributed by atoms with Gasteiger partial charge < -0.3 is 5.11 Å². The normalized spacial score (nSPS) is 18.1. The lowest BCUT2D eigenvalue weighted by Gasteiger charge is -2.34. The lowest BCUT2D eigenvalue weighted by Crippen LogP contribution is -2.38. The first-order chi connectivity index (χ1) is 10.2. The third-order valence-corrected chi connectivity index (χ3v) is 6.79. The molecule has 0 aromatic heterocycles. The largest absolute Gasteiger partial charge is 0.481 e. The van der Waals surface area contributed by atoms with E-state index in [0.717, 1.165) is 25.5 Å². The van der Waals surface area contributed by atoms with Crippen LogP contribution in [-0.4, -0.2) is 32.0 Å². The van der Waals surface area contributed by atoms with E-state index >= 15 is 0 Å². The van der Waals surface area contributed by atoms with Crippen LogP contribution in [0.25, 0.3) is 0 Å². The van der Waals surface area contributed by atoms with Gasteiger partial charge in [0.25, 0.3) is 0 Å². The Balaban J connectivity index is 2.70. The monoisotopic (exact) mass is 362 g/mol. The number of halogens is 1. The van der Waals surface area contributed by atoms with Gasteiger partial charge in [0, 0.05) is 11.2 Å². The van der Waals surface area contributed by atoms with E-state index in [2.05, 4.69) is 0 Å². The molecule has 0 bridgehead atoms. The van der Waals surface area contributed by atoms with Crippen LogP contribution in [0.4, 0.5) is 0 Å². The number of hydrogen-bond donors (Lipinski definition) is 1. The fourth-order valence-electron chi connectivity index (χ4n) is 3.10. The minimum atomic E-state index is -3.48. The second kappa shape index (κ2) is 6.42. The summed E-state index contributed by atoms with van der Waals surface area (Å²) < 4.78 is 24.1. The fraction of sp³-hybridized carbons (Fsp3) is 0.533. The van der Waals surface area contributed by atoms with Gasteiger partial charge in [-0.1, -0.05) is 30.9 Å². The molecule has 0 saturated heterocycles. The Bertz CT molecular complexity index is 692. The summed E-state index contributed by atoms with van der Waals surface area (Å²) in [6, 6.07) is 3.13. The second-order valence-corrected chi connectivity index (χ2v) is 8.92. The molecule has 1 aromatic rings. The fourth-order valence-corrected chi connectivity index (χ4v) is 5.61. The topological polar surface area (TPSA) is 71.4 Å². The van der Waals surface area contributed by atoms with Crippen LogP contribution in [0.2, 0.25) is 5.02 Å². The smallest absolute Gasteiger partial charge is 0.314 e. The average molecular weight is 363 g/mol. The predicted molar refractivity (Wildman–Crippen MR) is 88.7 cm³/mol. The maximum atomic E-state index is 12.1. The number of hydrogen-bond acceptors (Lipinski definition) is 4. The van der Waals surface area contributed by atoms with Crippen molar-refractivity contribution < 1.29 is 18.3 Å². The molecule has 0 heterocycles. The molecule has 4 nitrogen and oxygen atoms in total. The molecule has 0 unspecified atom stereocenters. The highest BCUT2D eigenvalue weighted by molar-refractivity contribution is 7.99. The van der Waals surface area contributed by atoms with Crippen molar-refractivity contribution >= 4 is 39.2 Å². The Hall–Kier alpha value is -0.720. The van der Waals surface area contributed by atoms with E-state index in [-0.39, 0.29) is 4.90 Å². The van der Waals surface area contributed by atoms with Gasteiger partial charge in [-0.3, -0.25) is 4.79 Å². The molecule has 1 saturated carbocycles. The quantitative estimate of drug-likeness (QED) is 0.826. The van der Waals surface area contributed by atoms with Gasteiger partial charge in [0.2, 0.25) is 0 Å². The Morgan fingerprint density at radius 2 is 1.86 bits per heavy atom. The van der Waals surface area contributed by atoms with Crippen molar-refractivity contribution in [3.63, 3.8) is 0 Å². The number of carbonyl (C=O) groups is 1. The molecule has 1 aliphatic rings. The molecule has 2 rings (SSSR count). The van der Waals surface area contributed by atoms with Gasteiger partial charge in [-0.05, 0) is 36.8 Å². The average Bonchev–Trinajstić information content (AvgIpc) is 2.46. The zero-order valence-corrected chi connectivity index (χ0v) is 14.9. The molecule has 22 heavy (non-hydrogen) atoms.